The van der Waals surface area contributed by atoms with Gasteiger partial charge in [0.2, 0.25) is 0 Å². The molecule has 0 aromatic heterocycles. The molecule has 0 nitrogen and oxygen atoms in total. The van der Waals surface area contributed by atoms with Gasteiger partial charge in [0.15, 0.2) is 0 Å². The van der Waals surface area contributed by atoms with E-state index in [1.807, 2.05) is 0 Å². The van der Waals surface area contributed by atoms with Crippen LogP contribution < -0.4 is 0 Å². The van der Waals surface area contributed by atoms with Gasteiger partial charge in [-0.05, 0) is 23.7 Å². The number of halogens is 2. The maximum atomic E-state index is 2.60. The van der Waals surface area contributed by atoms with Crippen LogP contribution in [-0.2, 0) is 0 Å². The van der Waals surface area contributed by atoms with Gasteiger partial charge in [-0.25, -0.2) is 0 Å². The van der Waals surface area contributed by atoms with E-state index in [-0.39, 0.29) is 0 Å². The molecule has 0 aliphatic heterocycles. The van der Waals surface area contributed by atoms with E-state index in [9.17, 15) is 0 Å². The normalized spacial score (nSPS) is 13.4. The summed E-state index contributed by atoms with van der Waals surface area (Å²) in [5.74, 6) is 0. The van der Waals surface area contributed by atoms with E-state index in [2.05, 4.69) is 52.1 Å². The standard InChI is InChI=1S/C9H18I2/c1-2-3-4-6-9(11)7-5-8-10/h9H,2-8H2,1H3. The van der Waals surface area contributed by atoms with E-state index in [1.165, 1.54) is 43.0 Å². The number of hydrogen-bond donors (Lipinski definition) is 0. The zero-order valence-corrected chi connectivity index (χ0v) is 11.6. The highest BCUT2D eigenvalue weighted by Crippen LogP contribution is 2.17. The van der Waals surface area contributed by atoms with Crippen LogP contribution in [0.3, 0.4) is 0 Å². The summed E-state index contributed by atoms with van der Waals surface area (Å²) in [6, 6.07) is 0. The van der Waals surface area contributed by atoms with Gasteiger partial charge in [-0.1, -0.05) is 71.4 Å². The lowest BCUT2D eigenvalue weighted by molar-refractivity contribution is 0.630. The minimum absolute atomic E-state index is 0.939. The van der Waals surface area contributed by atoms with Crippen molar-refractivity contribution in [3.63, 3.8) is 0 Å². The van der Waals surface area contributed by atoms with E-state index in [4.69, 9.17) is 0 Å². The average Bonchev–Trinajstić information content (AvgIpc) is 2.01. The summed E-state index contributed by atoms with van der Waals surface area (Å²) in [6.07, 6.45) is 8.48. The molecule has 68 valence electrons. The summed E-state index contributed by atoms with van der Waals surface area (Å²) in [5.41, 5.74) is 0. The van der Waals surface area contributed by atoms with Crippen molar-refractivity contribution in [3.05, 3.63) is 0 Å². The van der Waals surface area contributed by atoms with Gasteiger partial charge in [0.1, 0.15) is 0 Å². The maximum Gasteiger partial charge on any atom is 0.0110 e. The van der Waals surface area contributed by atoms with E-state index in [1.54, 1.807) is 0 Å². The van der Waals surface area contributed by atoms with Crippen molar-refractivity contribution in [3.8, 4) is 0 Å². The summed E-state index contributed by atoms with van der Waals surface area (Å²) in [4.78, 5) is 0. The summed E-state index contributed by atoms with van der Waals surface area (Å²) in [6.45, 7) is 2.27. The molecule has 0 radical (unpaired) electrons. The molecule has 0 aliphatic carbocycles. The lowest BCUT2D eigenvalue weighted by Crippen LogP contribution is -1.97. The van der Waals surface area contributed by atoms with Gasteiger partial charge < -0.3 is 0 Å². The molecule has 0 aliphatic rings. The molecule has 0 bridgehead atoms. The molecule has 0 rings (SSSR count). The lowest BCUT2D eigenvalue weighted by atomic mass is 10.1. The van der Waals surface area contributed by atoms with Crippen LogP contribution in [0.15, 0.2) is 0 Å². The van der Waals surface area contributed by atoms with E-state index in [0.29, 0.717) is 0 Å². The van der Waals surface area contributed by atoms with Gasteiger partial charge in [0.05, 0.1) is 0 Å². The van der Waals surface area contributed by atoms with Crippen LogP contribution >= 0.6 is 45.2 Å². The second kappa shape index (κ2) is 9.55. The highest BCUT2D eigenvalue weighted by Gasteiger charge is 2.01. The largest absolute Gasteiger partial charge is 0.0864 e. The molecule has 0 amide bonds. The van der Waals surface area contributed by atoms with Crippen molar-refractivity contribution >= 4 is 45.2 Å². The van der Waals surface area contributed by atoms with E-state index >= 15 is 0 Å². The topological polar surface area (TPSA) is 0 Å². The van der Waals surface area contributed by atoms with Crippen LogP contribution in [0, 0.1) is 0 Å². The highest BCUT2D eigenvalue weighted by molar-refractivity contribution is 14.1. The molecule has 0 heterocycles. The molecule has 0 saturated heterocycles. The Morgan fingerprint density at radius 3 is 2.27 bits per heavy atom. The van der Waals surface area contributed by atoms with Gasteiger partial charge in [0.25, 0.3) is 0 Å². The fourth-order valence-corrected chi connectivity index (χ4v) is 2.38. The van der Waals surface area contributed by atoms with Crippen molar-refractivity contribution in [1.82, 2.24) is 0 Å². The molecule has 0 aromatic carbocycles. The fraction of sp³-hybridized carbons (Fsp3) is 1.00. The van der Waals surface area contributed by atoms with Crippen LogP contribution in [0.25, 0.3) is 0 Å². The molecule has 0 aromatic rings. The molecular weight excluding hydrogens is 362 g/mol. The first kappa shape index (κ1) is 12.5. The Hall–Kier alpha value is 1.46. The third kappa shape index (κ3) is 9.37. The molecule has 1 atom stereocenters. The maximum absolute atomic E-state index is 2.60. The Morgan fingerprint density at radius 2 is 1.73 bits per heavy atom. The number of alkyl halides is 2. The first-order valence-electron chi connectivity index (χ1n) is 4.51. The molecule has 0 spiro atoms. The minimum Gasteiger partial charge on any atom is -0.0864 e. The Bertz CT molecular complexity index is 74.0. The average molecular weight is 380 g/mol. The second-order valence-electron chi connectivity index (χ2n) is 2.92. The zero-order valence-electron chi connectivity index (χ0n) is 7.28. The fourth-order valence-electron chi connectivity index (χ4n) is 1.06. The number of unbranched alkanes of at least 4 members (excludes halogenated alkanes) is 2. The predicted octanol–water partition coefficient (Wildman–Crippen LogP) is 4.59. The zero-order chi connectivity index (χ0) is 8.53. The monoisotopic (exact) mass is 380 g/mol. The van der Waals surface area contributed by atoms with E-state index in [0.717, 1.165) is 3.92 Å². The number of hydrogen-bond acceptors (Lipinski definition) is 0. The van der Waals surface area contributed by atoms with Crippen LogP contribution in [0.2, 0.25) is 0 Å². The Morgan fingerprint density at radius 1 is 1.09 bits per heavy atom. The second-order valence-corrected chi connectivity index (χ2v) is 5.76. The smallest absolute Gasteiger partial charge is 0.0110 e. The third-order valence-corrected chi connectivity index (χ3v) is 3.78. The van der Waals surface area contributed by atoms with Crippen molar-refractivity contribution < 1.29 is 0 Å². The Balaban J connectivity index is 3.02. The van der Waals surface area contributed by atoms with Gasteiger partial charge in [-0.3, -0.25) is 0 Å². The van der Waals surface area contributed by atoms with Crippen molar-refractivity contribution in [1.29, 1.82) is 0 Å². The summed E-state index contributed by atoms with van der Waals surface area (Å²) < 4.78 is 2.26. The number of rotatable bonds is 7. The van der Waals surface area contributed by atoms with E-state index < -0.39 is 0 Å². The molecular formula is C9H18I2. The molecule has 0 saturated carbocycles. The first-order valence-corrected chi connectivity index (χ1v) is 7.28. The molecule has 1 unspecified atom stereocenters. The SMILES string of the molecule is CCCCCC(I)CCCI. The lowest BCUT2D eigenvalue weighted by Gasteiger charge is -2.07. The first-order chi connectivity index (χ1) is 5.31. The predicted molar refractivity (Wildman–Crippen MR) is 70.1 cm³/mol. The van der Waals surface area contributed by atoms with Crippen LogP contribution in [-0.4, -0.2) is 8.35 Å². The minimum atomic E-state index is 0.939. The Labute approximate surface area is 98.2 Å². The molecule has 2 heteroatoms. The van der Waals surface area contributed by atoms with Crippen LogP contribution in [0.5, 0.6) is 0 Å². The quantitative estimate of drug-likeness (QED) is 0.345. The van der Waals surface area contributed by atoms with Crippen molar-refractivity contribution in [2.45, 2.75) is 49.4 Å². The summed E-state index contributed by atoms with van der Waals surface area (Å²) in [7, 11) is 0. The Kier molecular flexibility index (Phi) is 10.8. The van der Waals surface area contributed by atoms with Crippen molar-refractivity contribution in [2.24, 2.45) is 0 Å². The molecule has 0 N–H and O–H groups in total. The third-order valence-electron chi connectivity index (χ3n) is 1.77. The van der Waals surface area contributed by atoms with Crippen molar-refractivity contribution in [2.75, 3.05) is 4.43 Å². The van der Waals surface area contributed by atoms with Crippen LogP contribution in [0.4, 0.5) is 0 Å². The summed E-state index contributed by atoms with van der Waals surface area (Å²) >= 11 is 5.06. The highest BCUT2D eigenvalue weighted by atomic mass is 127. The molecule has 11 heavy (non-hydrogen) atoms. The van der Waals surface area contributed by atoms with Gasteiger partial charge in [-0.15, -0.1) is 0 Å². The van der Waals surface area contributed by atoms with Gasteiger partial charge in [0, 0.05) is 3.92 Å². The van der Waals surface area contributed by atoms with Gasteiger partial charge >= 0.3 is 0 Å². The summed E-state index contributed by atoms with van der Waals surface area (Å²) in [5, 5.41) is 0. The molecule has 0 fully saturated rings. The van der Waals surface area contributed by atoms with Gasteiger partial charge in [-0.2, -0.15) is 0 Å². The van der Waals surface area contributed by atoms with Crippen LogP contribution in [0.1, 0.15) is 45.4 Å².